The van der Waals surface area contributed by atoms with Crippen molar-refractivity contribution in [3.63, 3.8) is 0 Å². The highest BCUT2D eigenvalue weighted by Crippen LogP contribution is 2.22. The monoisotopic (exact) mass is 320 g/mol. The van der Waals surface area contributed by atoms with Crippen molar-refractivity contribution in [2.75, 3.05) is 11.5 Å². The number of hydrogen-bond donors (Lipinski definition) is 1. The minimum absolute atomic E-state index is 0.0659. The predicted octanol–water partition coefficient (Wildman–Crippen LogP) is 1.67. The van der Waals surface area contributed by atoms with Crippen LogP contribution in [-0.4, -0.2) is 31.5 Å². The number of nitrogens with zero attached hydrogens (tertiary/aromatic N) is 1. The standard InChI is InChI=1S/C16H20N2O3S/c19-16(10-12-8-9-22(20,21)11-12)18-17-15-7-3-5-13-4-1-2-6-14(13)15/h1-2,4,6,12H,3,5,7-11H2,(H,18,19)/b17-15-/t12-/m0/s1. The summed E-state index contributed by atoms with van der Waals surface area (Å²) in [6, 6.07) is 8.12. The number of carbonyl (C=O) groups is 1. The zero-order valence-electron chi connectivity index (χ0n) is 12.4. The Kier molecular flexibility index (Phi) is 4.29. The van der Waals surface area contributed by atoms with Crippen LogP contribution in [0.3, 0.4) is 0 Å². The van der Waals surface area contributed by atoms with Crippen LogP contribution in [0, 0.1) is 5.92 Å². The highest BCUT2D eigenvalue weighted by molar-refractivity contribution is 7.91. The van der Waals surface area contributed by atoms with E-state index in [1.807, 2.05) is 18.2 Å². The summed E-state index contributed by atoms with van der Waals surface area (Å²) in [6.07, 6.45) is 3.75. The Balaban J connectivity index is 1.61. The second kappa shape index (κ2) is 6.20. The van der Waals surface area contributed by atoms with Crippen molar-refractivity contribution in [3.05, 3.63) is 35.4 Å². The van der Waals surface area contributed by atoms with Gasteiger partial charge < -0.3 is 0 Å². The molecule has 0 aromatic heterocycles. The first-order valence-corrected chi connectivity index (χ1v) is 9.50. The van der Waals surface area contributed by atoms with Crippen molar-refractivity contribution >= 4 is 21.5 Å². The topological polar surface area (TPSA) is 75.6 Å². The lowest BCUT2D eigenvalue weighted by Gasteiger charge is -2.17. The fourth-order valence-corrected chi connectivity index (χ4v) is 5.05. The Morgan fingerprint density at radius 2 is 2.09 bits per heavy atom. The first-order valence-electron chi connectivity index (χ1n) is 7.67. The molecule has 118 valence electrons. The molecule has 1 atom stereocenters. The van der Waals surface area contributed by atoms with E-state index < -0.39 is 9.84 Å². The van der Waals surface area contributed by atoms with E-state index in [0.29, 0.717) is 6.42 Å². The normalized spacial score (nSPS) is 24.9. The number of sulfone groups is 1. The van der Waals surface area contributed by atoms with Gasteiger partial charge in [-0.15, -0.1) is 0 Å². The lowest BCUT2D eigenvalue weighted by atomic mass is 9.90. The molecule has 1 aromatic carbocycles. The Labute approximate surface area is 130 Å². The summed E-state index contributed by atoms with van der Waals surface area (Å²) in [6.45, 7) is 0. The molecule has 2 aliphatic rings. The fourth-order valence-electron chi connectivity index (χ4n) is 3.19. The van der Waals surface area contributed by atoms with Gasteiger partial charge in [-0.3, -0.25) is 4.79 Å². The Morgan fingerprint density at radius 1 is 1.27 bits per heavy atom. The van der Waals surface area contributed by atoms with Gasteiger partial charge in [0.1, 0.15) is 0 Å². The summed E-state index contributed by atoms with van der Waals surface area (Å²) in [5, 5.41) is 4.27. The maximum atomic E-state index is 12.0. The van der Waals surface area contributed by atoms with Gasteiger partial charge in [-0.2, -0.15) is 5.10 Å². The number of nitrogens with one attached hydrogen (secondary N) is 1. The van der Waals surface area contributed by atoms with Crippen LogP contribution in [0.15, 0.2) is 29.4 Å². The van der Waals surface area contributed by atoms with Gasteiger partial charge in [0.2, 0.25) is 5.91 Å². The molecular weight excluding hydrogens is 300 g/mol. The molecule has 0 bridgehead atoms. The van der Waals surface area contributed by atoms with Crippen molar-refractivity contribution in [2.45, 2.75) is 32.1 Å². The number of rotatable bonds is 3. The van der Waals surface area contributed by atoms with Gasteiger partial charge in [-0.1, -0.05) is 24.3 Å². The van der Waals surface area contributed by atoms with E-state index in [0.717, 1.165) is 30.5 Å². The highest BCUT2D eigenvalue weighted by Gasteiger charge is 2.29. The molecule has 1 aliphatic carbocycles. The van der Waals surface area contributed by atoms with Crippen LogP contribution in [0.5, 0.6) is 0 Å². The van der Waals surface area contributed by atoms with Gasteiger partial charge in [-0.05, 0) is 37.2 Å². The van der Waals surface area contributed by atoms with E-state index in [-0.39, 0.29) is 29.8 Å². The van der Waals surface area contributed by atoms with Crippen molar-refractivity contribution in [1.29, 1.82) is 0 Å². The van der Waals surface area contributed by atoms with E-state index in [2.05, 4.69) is 16.6 Å². The molecule has 1 fully saturated rings. The van der Waals surface area contributed by atoms with E-state index in [1.54, 1.807) is 0 Å². The van der Waals surface area contributed by atoms with Crippen LogP contribution in [0.1, 0.15) is 36.8 Å². The first-order chi connectivity index (χ1) is 10.5. The van der Waals surface area contributed by atoms with Crippen LogP contribution >= 0.6 is 0 Å². The fraction of sp³-hybridized carbons (Fsp3) is 0.500. The molecule has 1 saturated heterocycles. The number of aryl methyl sites for hydroxylation is 1. The number of benzene rings is 1. The van der Waals surface area contributed by atoms with Crippen molar-refractivity contribution in [1.82, 2.24) is 5.43 Å². The van der Waals surface area contributed by atoms with E-state index in [9.17, 15) is 13.2 Å². The summed E-state index contributed by atoms with van der Waals surface area (Å²) >= 11 is 0. The van der Waals surface area contributed by atoms with Crippen LogP contribution in [0.25, 0.3) is 0 Å². The molecule has 0 spiro atoms. The molecule has 0 saturated carbocycles. The molecule has 6 heteroatoms. The van der Waals surface area contributed by atoms with Crippen molar-refractivity contribution < 1.29 is 13.2 Å². The first kappa shape index (κ1) is 15.2. The Morgan fingerprint density at radius 3 is 2.86 bits per heavy atom. The second-order valence-electron chi connectivity index (χ2n) is 6.08. The molecule has 1 N–H and O–H groups in total. The van der Waals surface area contributed by atoms with Crippen molar-refractivity contribution in [2.24, 2.45) is 11.0 Å². The van der Waals surface area contributed by atoms with Crippen LogP contribution in [0.2, 0.25) is 0 Å². The lowest BCUT2D eigenvalue weighted by molar-refractivity contribution is -0.121. The molecule has 5 nitrogen and oxygen atoms in total. The lowest BCUT2D eigenvalue weighted by Crippen LogP contribution is -2.24. The molecular formula is C16H20N2O3S. The van der Waals surface area contributed by atoms with Crippen molar-refractivity contribution in [3.8, 4) is 0 Å². The molecule has 22 heavy (non-hydrogen) atoms. The zero-order chi connectivity index (χ0) is 15.6. The SMILES string of the molecule is O=C(C[C@@H]1CCS(=O)(=O)C1)N/N=C1/CCCc2ccccc21. The third-order valence-electron chi connectivity index (χ3n) is 4.30. The average molecular weight is 320 g/mol. The minimum atomic E-state index is -2.93. The van der Waals surface area contributed by atoms with E-state index in [1.165, 1.54) is 5.56 Å². The quantitative estimate of drug-likeness (QED) is 0.861. The van der Waals surface area contributed by atoms with Crippen LogP contribution in [0.4, 0.5) is 0 Å². The highest BCUT2D eigenvalue weighted by atomic mass is 32.2. The van der Waals surface area contributed by atoms with Gasteiger partial charge in [0.15, 0.2) is 9.84 Å². The summed E-state index contributed by atoms with van der Waals surface area (Å²) in [5.74, 6) is 0.0636. The van der Waals surface area contributed by atoms with Gasteiger partial charge in [0, 0.05) is 12.0 Å². The third-order valence-corrected chi connectivity index (χ3v) is 6.14. The van der Waals surface area contributed by atoms with Gasteiger partial charge >= 0.3 is 0 Å². The molecule has 1 aliphatic heterocycles. The van der Waals surface area contributed by atoms with E-state index >= 15 is 0 Å². The zero-order valence-corrected chi connectivity index (χ0v) is 13.2. The Bertz CT molecular complexity index is 710. The molecule has 0 radical (unpaired) electrons. The average Bonchev–Trinajstić information content (AvgIpc) is 2.84. The summed E-state index contributed by atoms with van der Waals surface area (Å²) in [7, 11) is -2.93. The molecule has 1 aromatic rings. The van der Waals surface area contributed by atoms with Crippen LogP contribution in [-0.2, 0) is 21.1 Å². The van der Waals surface area contributed by atoms with Gasteiger partial charge in [-0.25, -0.2) is 13.8 Å². The van der Waals surface area contributed by atoms with Crippen LogP contribution < -0.4 is 5.43 Å². The summed E-state index contributed by atoms with van der Waals surface area (Å²) < 4.78 is 22.8. The maximum Gasteiger partial charge on any atom is 0.240 e. The smallest absolute Gasteiger partial charge is 0.240 e. The number of hydrazone groups is 1. The molecule has 3 rings (SSSR count). The van der Waals surface area contributed by atoms with Gasteiger partial charge in [0.05, 0.1) is 17.2 Å². The number of carbonyl (C=O) groups excluding carboxylic acids is 1. The number of hydrogen-bond acceptors (Lipinski definition) is 4. The second-order valence-corrected chi connectivity index (χ2v) is 8.31. The predicted molar refractivity (Wildman–Crippen MR) is 85.4 cm³/mol. The largest absolute Gasteiger partial charge is 0.273 e. The summed E-state index contributed by atoms with van der Waals surface area (Å²) in [4.78, 5) is 12.0. The Hall–Kier alpha value is -1.69. The minimum Gasteiger partial charge on any atom is -0.273 e. The number of amides is 1. The summed E-state index contributed by atoms with van der Waals surface area (Å²) in [5.41, 5.74) is 5.89. The molecule has 1 heterocycles. The maximum absolute atomic E-state index is 12.0. The van der Waals surface area contributed by atoms with Gasteiger partial charge in [0.25, 0.3) is 0 Å². The molecule has 1 amide bonds. The third kappa shape index (κ3) is 3.55. The number of fused-ring (bicyclic) bond motifs is 1. The molecule has 0 unspecified atom stereocenters. The van der Waals surface area contributed by atoms with E-state index in [4.69, 9.17) is 0 Å².